The zero-order valence-electron chi connectivity index (χ0n) is 13.7. The summed E-state index contributed by atoms with van der Waals surface area (Å²) >= 11 is 0. The van der Waals surface area contributed by atoms with Gasteiger partial charge in [-0.1, -0.05) is 0 Å². The number of hydrogen-bond acceptors (Lipinski definition) is 5. The summed E-state index contributed by atoms with van der Waals surface area (Å²) in [6.45, 7) is 7.23. The number of carbonyl (C=O) groups is 2. The van der Waals surface area contributed by atoms with Crippen LogP contribution in [0.3, 0.4) is 0 Å². The van der Waals surface area contributed by atoms with Crippen molar-refractivity contribution in [3.63, 3.8) is 0 Å². The Balaban J connectivity index is 2.05. The predicted molar refractivity (Wildman–Crippen MR) is 89.0 cm³/mol. The average molecular weight is 312 g/mol. The fraction of sp³-hybridized carbons (Fsp3) is 0.294. The Kier molecular flexibility index (Phi) is 4.74. The topological polar surface area (TPSA) is 84.0 Å². The van der Waals surface area contributed by atoms with Crippen LogP contribution in [-0.4, -0.2) is 27.4 Å². The van der Waals surface area contributed by atoms with E-state index >= 15 is 0 Å². The van der Waals surface area contributed by atoms with E-state index in [9.17, 15) is 9.59 Å². The summed E-state index contributed by atoms with van der Waals surface area (Å²) in [7, 11) is 0. The van der Waals surface area contributed by atoms with Crippen LogP contribution in [0.1, 0.15) is 48.5 Å². The molecule has 2 N–H and O–H groups in total. The molecule has 1 aromatic carbocycles. The van der Waals surface area contributed by atoms with Crippen LogP contribution in [0.25, 0.3) is 0 Å². The lowest BCUT2D eigenvalue weighted by atomic mass is 10.1. The number of nitrogens with zero attached hydrogens (tertiary/aromatic N) is 2. The van der Waals surface area contributed by atoms with Gasteiger partial charge in [-0.25, -0.2) is 0 Å². The second-order valence-electron chi connectivity index (χ2n) is 6.27. The molecule has 0 aliphatic carbocycles. The van der Waals surface area contributed by atoms with Gasteiger partial charge in [-0.15, -0.1) is 10.2 Å². The average Bonchev–Trinajstić information content (AvgIpc) is 2.46. The number of aromatic nitrogens is 2. The van der Waals surface area contributed by atoms with Crippen molar-refractivity contribution in [2.75, 3.05) is 5.32 Å². The van der Waals surface area contributed by atoms with Gasteiger partial charge in [-0.3, -0.25) is 9.59 Å². The van der Waals surface area contributed by atoms with E-state index in [2.05, 4.69) is 20.8 Å². The van der Waals surface area contributed by atoms with Crippen molar-refractivity contribution in [1.82, 2.24) is 15.5 Å². The molecule has 0 radical (unpaired) electrons. The van der Waals surface area contributed by atoms with Gasteiger partial charge in [0, 0.05) is 16.8 Å². The highest BCUT2D eigenvalue weighted by Crippen LogP contribution is 2.15. The molecule has 0 atom stereocenters. The first-order valence-electron chi connectivity index (χ1n) is 7.29. The molecule has 0 saturated carbocycles. The summed E-state index contributed by atoms with van der Waals surface area (Å²) in [4.78, 5) is 23.2. The van der Waals surface area contributed by atoms with E-state index in [0.717, 1.165) is 5.69 Å². The zero-order chi connectivity index (χ0) is 17.0. The molecule has 0 bridgehead atoms. The van der Waals surface area contributed by atoms with Gasteiger partial charge in [0.05, 0.1) is 0 Å². The standard InChI is InChI=1S/C17H20N4O2/c1-11(22)12-5-7-13(8-6-12)18-15-10-9-14(20-21-15)16(23)19-17(2,3)4/h5-10H,1-4H3,(H,18,21)(H,19,23). The minimum absolute atomic E-state index is 0.0190. The third kappa shape index (κ3) is 4.88. The van der Waals surface area contributed by atoms with Gasteiger partial charge in [0.1, 0.15) is 0 Å². The first-order valence-corrected chi connectivity index (χ1v) is 7.29. The fourth-order valence-electron chi connectivity index (χ4n) is 1.86. The maximum Gasteiger partial charge on any atom is 0.272 e. The van der Waals surface area contributed by atoms with Crippen LogP contribution in [-0.2, 0) is 0 Å². The minimum atomic E-state index is -0.325. The Bertz CT molecular complexity index is 701. The van der Waals surface area contributed by atoms with Gasteiger partial charge in [-0.05, 0) is 64.1 Å². The number of Topliss-reactive ketones (excluding diaryl/α,β-unsaturated/α-hetero) is 1. The summed E-state index contributed by atoms with van der Waals surface area (Å²) in [6.07, 6.45) is 0. The van der Waals surface area contributed by atoms with Gasteiger partial charge in [-0.2, -0.15) is 0 Å². The Morgan fingerprint density at radius 3 is 2.09 bits per heavy atom. The molecule has 0 spiro atoms. The van der Waals surface area contributed by atoms with Crippen LogP contribution >= 0.6 is 0 Å². The quantitative estimate of drug-likeness (QED) is 0.848. The Hall–Kier alpha value is -2.76. The van der Waals surface area contributed by atoms with Crippen LogP contribution in [0, 0.1) is 0 Å². The van der Waals surface area contributed by atoms with E-state index in [1.54, 1.807) is 36.4 Å². The lowest BCUT2D eigenvalue weighted by Gasteiger charge is -2.19. The number of amides is 1. The number of benzene rings is 1. The number of rotatable bonds is 4. The minimum Gasteiger partial charge on any atom is -0.346 e. The molecule has 0 unspecified atom stereocenters. The van der Waals surface area contributed by atoms with Crippen LogP contribution in [0.5, 0.6) is 0 Å². The Labute approximate surface area is 135 Å². The SMILES string of the molecule is CC(=O)c1ccc(Nc2ccc(C(=O)NC(C)(C)C)nn2)cc1. The number of nitrogens with one attached hydrogen (secondary N) is 2. The second-order valence-corrected chi connectivity index (χ2v) is 6.27. The maximum absolute atomic E-state index is 12.0. The molecule has 2 aromatic rings. The lowest BCUT2D eigenvalue weighted by Crippen LogP contribution is -2.41. The van der Waals surface area contributed by atoms with Crippen LogP contribution in [0.4, 0.5) is 11.5 Å². The molecule has 0 aliphatic heterocycles. The molecule has 0 aliphatic rings. The summed E-state index contributed by atoms with van der Waals surface area (Å²) < 4.78 is 0. The monoisotopic (exact) mass is 312 g/mol. The van der Waals surface area contributed by atoms with Crippen molar-refractivity contribution in [3.8, 4) is 0 Å². The summed E-state index contributed by atoms with van der Waals surface area (Å²) in [5.41, 5.74) is 1.37. The van der Waals surface area contributed by atoms with Crippen molar-refractivity contribution in [3.05, 3.63) is 47.7 Å². The van der Waals surface area contributed by atoms with Crippen molar-refractivity contribution >= 4 is 23.2 Å². The van der Waals surface area contributed by atoms with Gasteiger partial charge in [0.15, 0.2) is 17.3 Å². The van der Waals surface area contributed by atoms with E-state index in [1.807, 2.05) is 20.8 Å². The molecule has 6 heteroatoms. The Morgan fingerprint density at radius 1 is 0.957 bits per heavy atom. The van der Waals surface area contributed by atoms with Gasteiger partial charge >= 0.3 is 0 Å². The molecule has 2 rings (SSSR count). The van der Waals surface area contributed by atoms with Gasteiger partial charge in [0.25, 0.3) is 5.91 Å². The van der Waals surface area contributed by atoms with Crippen molar-refractivity contribution in [2.45, 2.75) is 33.2 Å². The third-order valence-corrected chi connectivity index (χ3v) is 2.95. The largest absolute Gasteiger partial charge is 0.346 e. The molecular weight excluding hydrogens is 292 g/mol. The molecule has 1 aromatic heterocycles. The van der Waals surface area contributed by atoms with E-state index < -0.39 is 0 Å². The van der Waals surface area contributed by atoms with Gasteiger partial charge < -0.3 is 10.6 Å². The predicted octanol–water partition coefficient (Wildman–Crippen LogP) is 2.95. The first kappa shape index (κ1) is 16.6. The molecular formula is C17H20N4O2. The molecule has 120 valence electrons. The van der Waals surface area contributed by atoms with E-state index in [1.165, 1.54) is 6.92 Å². The van der Waals surface area contributed by atoms with Crippen LogP contribution in [0.2, 0.25) is 0 Å². The molecule has 1 amide bonds. The fourth-order valence-corrected chi connectivity index (χ4v) is 1.86. The number of ketones is 1. The summed E-state index contributed by atoms with van der Waals surface area (Å²) in [5.74, 6) is 0.279. The van der Waals surface area contributed by atoms with E-state index in [4.69, 9.17) is 0 Å². The summed E-state index contributed by atoms with van der Waals surface area (Å²) in [5, 5.41) is 13.8. The van der Waals surface area contributed by atoms with Crippen molar-refractivity contribution in [1.29, 1.82) is 0 Å². The van der Waals surface area contributed by atoms with E-state index in [-0.39, 0.29) is 22.9 Å². The highest BCUT2D eigenvalue weighted by Gasteiger charge is 2.16. The lowest BCUT2D eigenvalue weighted by molar-refractivity contribution is 0.0912. The van der Waals surface area contributed by atoms with Crippen LogP contribution in [0.15, 0.2) is 36.4 Å². The molecule has 1 heterocycles. The van der Waals surface area contributed by atoms with Crippen molar-refractivity contribution < 1.29 is 9.59 Å². The summed E-state index contributed by atoms with van der Waals surface area (Å²) in [6, 6.07) is 10.4. The highest BCUT2D eigenvalue weighted by atomic mass is 16.2. The van der Waals surface area contributed by atoms with Crippen molar-refractivity contribution in [2.24, 2.45) is 0 Å². The van der Waals surface area contributed by atoms with Crippen LogP contribution < -0.4 is 10.6 Å². The number of carbonyl (C=O) groups excluding carboxylic acids is 2. The second kappa shape index (κ2) is 6.56. The Morgan fingerprint density at radius 2 is 1.61 bits per heavy atom. The molecule has 0 fully saturated rings. The normalized spacial score (nSPS) is 11.0. The van der Waals surface area contributed by atoms with E-state index in [0.29, 0.717) is 11.4 Å². The van der Waals surface area contributed by atoms with Gasteiger partial charge in [0.2, 0.25) is 0 Å². The first-order chi connectivity index (χ1) is 10.7. The number of anilines is 2. The smallest absolute Gasteiger partial charge is 0.272 e. The number of hydrogen-bond donors (Lipinski definition) is 2. The molecule has 23 heavy (non-hydrogen) atoms. The molecule has 0 saturated heterocycles. The molecule has 6 nitrogen and oxygen atoms in total. The third-order valence-electron chi connectivity index (χ3n) is 2.95. The maximum atomic E-state index is 12.0. The zero-order valence-corrected chi connectivity index (χ0v) is 13.7. The highest BCUT2D eigenvalue weighted by molar-refractivity contribution is 5.94.